The lowest BCUT2D eigenvalue weighted by Crippen LogP contribution is -2.45. The molecule has 1 saturated carbocycles. The van der Waals surface area contributed by atoms with Crippen molar-refractivity contribution in [2.75, 3.05) is 6.54 Å². The minimum absolute atomic E-state index is 0.546. The van der Waals surface area contributed by atoms with E-state index in [0.717, 1.165) is 19.1 Å². The minimum atomic E-state index is 0.546. The topological polar surface area (TPSA) is 24.1 Å². The fourth-order valence-corrected chi connectivity index (χ4v) is 3.58. The Hall–Kier alpha value is -0.860. The maximum atomic E-state index is 3.78. The molecule has 2 atom stereocenters. The molecule has 1 heterocycles. The normalized spacial score (nSPS) is 29.2. The van der Waals surface area contributed by atoms with Crippen LogP contribution in [-0.4, -0.2) is 18.6 Å². The van der Waals surface area contributed by atoms with Crippen molar-refractivity contribution in [3.8, 4) is 0 Å². The second-order valence-corrected chi connectivity index (χ2v) is 7.06. The fraction of sp³-hybridized carbons (Fsp3) is 0.647. The summed E-state index contributed by atoms with van der Waals surface area (Å²) in [4.78, 5) is 0. The molecular weight excluding hydrogens is 232 g/mol. The van der Waals surface area contributed by atoms with E-state index in [1.807, 2.05) is 0 Å². The van der Waals surface area contributed by atoms with E-state index in [2.05, 4.69) is 48.7 Å². The van der Waals surface area contributed by atoms with Crippen LogP contribution >= 0.6 is 0 Å². The number of benzene rings is 1. The summed E-state index contributed by atoms with van der Waals surface area (Å²) in [5, 5.41) is 7.43. The van der Waals surface area contributed by atoms with Crippen LogP contribution in [0.5, 0.6) is 0 Å². The predicted molar refractivity (Wildman–Crippen MR) is 80.2 cm³/mol. The number of hydrogen-bond donors (Lipinski definition) is 2. The third-order valence-corrected chi connectivity index (χ3v) is 4.79. The molecule has 2 heteroatoms. The molecule has 1 aromatic carbocycles. The van der Waals surface area contributed by atoms with Crippen molar-refractivity contribution in [3.63, 3.8) is 0 Å². The zero-order chi connectivity index (χ0) is 13.3. The highest BCUT2D eigenvalue weighted by Gasteiger charge is 2.31. The van der Waals surface area contributed by atoms with Crippen molar-refractivity contribution in [1.82, 2.24) is 10.6 Å². The van der Waals surface area contributed by atoms with Gasteiger partial charge in [-0.2, -0.15) is 0 Å². The van der Waals surface area contributed by atoms with Crippen molar-refractivity contribution in [2.24, 2.45) is 5.41 Å². The van der Waals surface area contributed by atoms with Gasteiger partial charge in [-0.05, 0) is 42.2 Å². The van der Waals surface area contributed by atoms with Gasteiger partial charge in [0.1, 0.15) is 0 Å². The minimum Gasteiger partial charge on any atom is -0.312 e. The second kappa shape index (κ2) is 5.26. The van der Waals surface area contributed by atoms with Gasteiger partial charge in [-0.1, -0.05) is 38.1 Å². The molecule has 0 radical (unpaired) electrons. The molecule has 0 saturated heterocycles. The van der Waals surface area contributed by atoms with Gasteiger partial charge in [0, 0.05) is 25.2 Å². The van der Waals surface area contributed by atoms with Gasteiger partial charge in [0.25, 0.3) is 0 Å². The van der Waals surface area contributed by atoms with Crippen molar-refractivity contribution in [3.05, 3.63) is 35.4 Å². The summed E-state index contributed by atoms with van der Waals surface area (Å²) in [6.45, 7) is 6.92. The zero-order valence-corrected chi connectivity index (χ0v) is 12.2. The van der Waals surface area contributed by atoms with Crippen molar-refractivity contribution in [1.29, 1.82) is 0 Å². The largest absolute Gasteiger partial charge is 0.312 e. The maximum Gasteiger partial charge on any atom is 0.0236 e. The van der Waals surface area contributed by atoms with Crippen LogP contribution in [-0.2, 0) is 13.0 Å². The van der Waals surface area contributed by atoms with Crippen LogP contribution in [0, 0.1) is 5.41 Å². The summed E-state index contributed by atoms with van der Waals surface area (Å²) in [5.41, 5.74) is 3.55. The van der Waals surface area contributed by atoms with Crippen LogP contribution in [0.3, 0.4) is 0 Å². The highest BCUT2D eigenvalue weighted by atomic mass is 15.0. The van der Waals surface area contributed by atoms with Crippen molar-refractivity contribution < 1.29 is 0 Å². The van der Waals surface area contributed by atoms with Crippen molar-refractivity contribution in [2.45, 2.75) is 58.2 Å². The van der Waals surface area contributed by atoms with Crippen LogP contribution < -0.4 is 10.6 Å². The average Bonchev–Trinajstić information content (AvgIpc) is 2.76. The Labute approximate surface area is 117 Å². The van der Waals surface area contributed by atoms with Crippen LogP contribution in [0.15, 0.2) is 24.3 Å². The maximum absolute atomic E-state index is 3.78. The Morgan fingerprint density at radius 2 is 2.05 bits per heavy atom. The van der Waals surface area contributed by atoms with E-state index in [4.69, 9.17) is 0 Å². The van der Waals surface area contributed by atoms with E-state index < -0.39 is 0 Å². The first kappa shape index (κ1) is 13.1. The second-order valence-electron chi connectivity index (χ2n) is 7.06. The molecule has 2 N–H and O–H groups in total. The molecule has 1 aromatic rings. The Morgan fingerprint density at radius 3 is 2.79 bits per heavy atom. The zero-order valence-electron chi connectivity index (χ0n) is 12.2. The molecule has 0 amide bonds. The first-order valence-electron chi connectivity index (χ1n) is 7.66. The van der Waals surface area contributed by atoms with Gasteiger partial charge in [0.2, 0.25) is 0 Å². The number of hydrogen-bond acceptors (Lipinski definition) is 2. The Bertz CT molecular complexity index is 439. The smallest absolute Gasteiger partial charge is 0.0236 e. The van der Waals surface area contributed by atoms with E-state index in [-0.39, 0.29) is 0 Å². The molecule has 2 nitrogen and oxygen atoms in total. The molecule has 0 aromatic heterocycles. The van der Waals surface area contributed by atoms with E-state index in [1.165, 1.54) is 36.8 Å². The standard InChI is InChI=1S/C17H26N2/c1-17(2)8-7-15(10-17)19-12-16-9-13-5-3-4-6-14(13)11-18-16/h3-6,15-16,18-19H,7-12H2,1-2H3. The van der Waals surface area contributed by atoms with E-state index in [0.29, 0.717) is 11.5 Å². The molecule has 104 valence electrons. The van der Waals surface area contributed by atoms with Crippen LogP contribution in [0.25, 0.3) is 0 Å². The highest BCUT2D eigenvalue weighted by molar-refractivity contribution is 5.29. The van der Waals surface area contributed by atoms with Crippen LogP contribution in [0.2, 0.25) is 0 Å². The SMILES string of the molecule is CC1(C)CCC(NCC2Cc3ccccc3CN2)C1. The number of fused-ring (bicyclic) bond motifs is 1. The molecule has 1 fully saturated rings. The molecule has 0 bridgehead atoms. The van der Waals surface area contributed by atoms with E-state index in [9.17, 15) is 0 Å². The highest BCUT2D eigenvalue weighted by Crippen LogP contribution is 2.36. The third kappa shape index (κ3) is 3.18. The molecule has 0 spiro atoms. The van der Waals surface area contributed by atoms with Gasteiger partial charge >= 0.3 is 0 Å². The van der Waals surface area contributed by atoms with Gasteiger partial charge in [0.15, 0.2) is 0 Å². The third-order valence-electron chi connectivity index (χ3n) is 4.79. The van der Waals surface area contributed by atoms with Gasteiger partial charge in [-0.25, -0.2) is 0 Å². The predicted octanol–water partition coefficient (Wildman–Crippen LogP) is 2.87. The molecule has 1 aliphatic carbocycles. The van der Waals surface area contributed by atoms with Crippen molar-refractivity contribution >= 4 is 0 Å². The summed E-state index contributed by atoms with van der Waals surface area (Å²) in [7, 11) is 0. The van der Waals surface area contributed by atoms with Crippen LogP contribution in [0.1, 0.15) is 44.2 Å². The summed E-state index contributed by atoms with van der Waals surface area (Å²) in [5.74, 6) is 0. The first-order valence-corrected chi connectivity index (χ1v) is 7.66. The fourth-order valence-electron chi connectivity index (χ4n) is 3.58. The summed E-state index contributed by atoms with van der Waals surface area (Å²) in [6.07, 6.45) is 5.21. The van der Waals surface area contributed by atoms with E-state index in [1.54, 1.807) is 0 Å². The molecule has 2 aliphatic rings. The lowest BCUT2D eigenvalue weighted by Gasteiger charge is -2.28. The van der Waals surface area contributed by atoms with Gasteiger partial charge < -0.3 is 10.6 Å². The lowest BCUT2D eigenvalue weighted by atomic mass is 9.91. The van der Waals surface area contributed by atoms with Gasteiger partial charge in [-0.15, -0.1) is 0 Å². The number of rotatable bonds is 3. The number of nitrogens with one attached hydrogen (secondary N) is 2. The molecule has 19 heavy (non-hydrogen) atoms. The van der Waals surface area contributed by atoms with Gasteiger partial charge in [0.05, 0.1) is 0 Å². The monoisotopic (exact) mass is 258 g/mol. The summed E-state index contributed by atoms with van der Waals surface area (Å²) < 4.78 is 0. The Kier molecular flexibility index (Phi) is 3.64. The average molecular weight is 258 g/mol. The summed E-state index contributed by atoms with van der Waals surface area (Å²) in [6, 6.07) is 10.1. The Morgan fingerprint density at radius 1 is 1.26 bits per heavy atom. The molecule has 3 rings (SSSR count). The quantitative estimate of drug-likeness (QED) is 0.871. The first-order chi connectivity index (χ1) is 9.12. The lowest BCUT2D eigenvalue weighted by molar-refractivity contribution is 0.354. The molecular formula is C17H26N2. The molecule has 2 unspecified atom stereocenters. The van der Waals surface area contributed by atoms with Crippen LogP contribution in [0.4, 0.5) is 0 Å². The van der Waals surface area contributed by atoms with E-state index >= 15 is 0 Å². The van der Waals surface area contributed by atoms with Gasteiger partial charge in [-0.3, -0.25) is 0 Å². The summed E-state index contributed by atoms with van der Waals surface area (Å²) >= 11 is 0. The molecule has 1 aliphatic heterocycles. The Balaban J connectivity index is 1.50.